The lowest BCUT2D eigenvalue weighted by Gasteiger charge is -2.31. The number of rotatable bonds is 5. The first-order valence-electron chi connectivity index (χ1n) is 9.20. The van der Waals surface area contributed by atoms with E-state index in [-0.39, 0.29) is 12.3 Å². The van der Waals surface area contributed by atoms with Crippen LogP contribution >= 0.6 is 0 Å². The van der Waals surface area contributed by atoms with E-state index in [0.29, 0.717) is 17.8 Å². The molecule has 0 N–H and O–H groups in total. The van der Waals surface area contributed by atoms with Crippen LogP contribution in [0.15, 0.2) is 53.1 Å². The summed E-state index contributed by atoms with van der Waals surface area (Å²) in [5.74, 6) is 0.0193. The molecule has 27 heavy (non-hydrogen) atoms. The molecule has 1 amide bonds. The Kier molecular flexibility index (Phi) is 5.07. The summed E-state index contributed by atoms with van der Waals surface area (Å²) in [7, 11) is 1.83. The molecule has 6 nitrogen and oxygen atoms in total. The Morgan fingerprint density at radius 2 is 1.85 bits per heavy atom. The number of nitrogens with zero attached hydrogens (tertiary/aromatic N) is 3. The molecule has 1 fully saturated rings. The molecule has 1 aromatic heterocycles. The van der Waals surface area contributed by atoms with Crippen LogP contribution in [0.1, 0.15) is 11.3 Å². The topological polar surface area (TPSA) is 58.8 Å². The fraction of sp³-hybridized carbons (Fsp3) is 0.333. The number of anilines is 1. The summed E-state index contributed by atoms with van der Waals surface area (Å²) in [6, 6.07) is 15.9. The molecule has 140 valence electrons. The third kappa shape index (κ3) is 3.80. The molecule has 6 heteroatoms. The van der Waals surface area contributed by atoms with Gasteiger partial charge in [-0.3, -0.25) is 4.79 Å². The summed E-state index contributed by atoms with van der Waals surface area (Å²) in [5.41, 5.74) is 3.71. The minimum atomic E-state index is 0.0193. The van der Waals surface area contributed by atoms with Crippen LogP contribution in [0.3, 0.4) is 0 Å². The van der Waals surface area contributed by atoms with Gasteiger partial charge in [0.2, 0.25) is 5.91 Å². The summed E-state index contributed by atoms with van der Waals surface area (Å²) in [4.78, 5) is 16.8. The number of morpholine rings is 1. The molecule has 3 aromatic rings. The van der Waals surface area contributed by atoms with Crippen LogP contribution in [0.2, 0.25) is 0 Å². The highest BCUT2D eigenvalue weighted by atomic mass is 16.5. The Morgan fingerprint density at radius 1 is 1.11 bits per heavy atom. The molecule has 2 heterocycles. The molecule has 0 saturated carbocycles. The zero-order valence-electron chi connectivity index (χ0n) is 15.4. The van der Waals surface area contributed by atoms with Gasteiger partial charge in [-0.1, -0.05) is 35.5 Å². The number of likely N-dealkylation sites (N-methyl/N-ethyl adjacent to an activating group) is 1. The quantitative estimate of drug-likeness (QED) is 0.696. The van der Waals surface area contributed by atoms with E-state index in [9.17, 15) is 4.79 Å². The number of aromatic nitrogens is 1. The molecular formula is C21H23N3O3. The molecule has 1 aliphatic rings. The first kappa shape index (κ1) is 17.5. The highest BCUT2D eigenvalue weighted by molar-refractivity contribution is 5.86. The lowest BCUT2D eigenvalue weighted by molar-refractivity contribution is -0.129. The number of benzene rings is 2. The standard InChI is InChI=1S/C21H23N3O3/c1-23(21(25)14-18-17-7-3-5-9-20(17)27-22-18)15-16-6-2-4-8-19(16)24-10-12-26-13-11-24/h2-9H,10-15H2,1H3. The molecule has 0 atom stereocenters. The Balaban J connectivity index is 1.47. The largest absolute Gasteiger partial charge is 0.378 e. The summed E-state index contributed by atoms with van der Waals surface area (Å²) >= 11 is 0. The number of fused-ring (bicyclic) bond motifs is 1. The highest BCUT2D eigenvalue weighted by Gasteiger charge is 2.19. The number of para-hydroxylation sites is 2. The van der Waals surface area contributed by atoms with Crippen molar-refractivity contribution in [3.05, 3.63) is 59.8 Å². The molecule has 4 rings (SSSR count). The van der Waals surface area contributed by atoms with E-state index in [4.69, 9.17) is 9.26 Å². The lowest BCUT2D eigenvalue weighted by Crippen LogP contribution is -2.37. The number of amides is 1. The number of carbonyl (C=O) groups is 1. The molecule has 2 aromatic carbocycles. The summed E-state index contributed by atoms with van der Waals surface area (Å²) in [6.45, 7) is 3.78. The molecule has 0 aliphatic carbocycles. The number of carbonyl (C=O) groups excluding carboxylic acids is 1. The Labute approximate surface area is 158 Å². The van der Waals surface area contributed by atoms with Crippen molar-refractivity contribution >= 4 is 22.6 Å². The van der Waals surface area contributed by atoms with E-state index in [1.807, 2.05) is 43.4 Å². The number of hydrogen-bond donors (Lipinski definition) is 0. The predicted molar refractivity (Wildman–Crippen MR) is 104 cm³/mol. The zero-order chi connectivity index (χ0) is 18.6. The van der Waals surface area contributed by atoms with Gasteiger partial charge in [0, 0.05) is 37.8 Å². The SMILES string of the molecule is CN(Cc1ccccc1N1CCOCC1)C(=O)Cc1noc2ccccc12. The normalized spacial score (nSPS) is 14.5. The fourth-order valence-electron chi connectivity index (χ4n) is 3.44. The minimum Gasteiger partial charge on any atom is -0.378 e. The van der Waals surface area contributed by atoms with Gasteiger partial charge in [-0.05, 0) is 23.8 Å². The smallest absolute Gasteiger partial charge is 0.228 e. The van der Waals surface area contributed by atoms with Crippen molar-refractivity contribution in [2.24, 2.45) is 0 Å². The second-order valence-electron chi connectivity index (χ2n) is 6.78. The van der Waals surface area contributed by atoms with Crippen LogP contribution < -0.4 is 4.90 Å². The number of hydrogen-bond acceptors (Lipinski definition) is 5. The minimum absolute atomic E-state index is 0.0193. The fourth-order valence-corrected chi connectivity index (χ4v) is 3.44. The third-order valence-corrected chi connectivity index (χ3v) is 4.95. The van der Waals surface area contributed by atoms with Crippen LogP contribution in [-0.2, 0) is 22.5 Å². The molecule has 0 radical (unpaired) electrons. The Morgan fingerprint density at radius 3 is 2.70 bits per heavy atom. The summed E-state index contributed by atoms with van der Waals surface area (Å²) < 4.78 is 10.8. The first-order chi connectivity index (χ1) is 13.2. The van der Waals surface area contributed by atoms with Crippen molar-refractivity contribution in [3.63, 3.8) is 0 Å². The van der Waals surface area contributed by atoms with Gasteiger partial charge in [0.1, 0.15) is 5.69 Å². The maximum atomic E-state index is 12.8. The van der Waals surface area contributed by atoms with Crippen molar-refractivity contribution < 1.29 is 14.1 Å². The van der Waals surface area contributed by atoms with E-state index in [0.717, 1.165) is 37.3 Å². The van der Waals surface area contributed by atoms with Crippen LogP contribution in [0.25, 0.3) is 11.0 Å². The third-order valence-electron chi connectivity index (χ3n) is 4.95. The van der Waals surface area contributed by atoms with Crippen molar-refractivity contribution in [1.82, 2.24) is 10.1 Å². The summed E-state index contributed by atoms with van der Waals surface area (Å²) in [5, 5.41) is 4.97. The predicted octanol–water partition coefficient (Wildman–Crippen LogP) is 2.87. The second kappa shape index (κ2) is 7.80. The van der Waals surface area contributed by atoms with E-state index in [1.165, 1.54) is 5.69 Å². The van der Waals surface area contributed by atoms with Gasteiger partial charge in [0.15, 0.2) is 5.58 Å². The zero-order valence-corrected chi connectivity index (χ0v) is 15.4. The molecule has 0 spiro atoms. The maximum Gasteiger partial charge on any atom is 0.228 e. The van der Waals surface area contributed by atoms with Gasteiger partial charge in [0.25, 0.3) is 0 Å². The highest BCUT2D eigenvalue weighted by Crippen LogP contribution is 2.23. The summed E-state index contributed by atoms with van der Waals surface area (Å²) in [6.07, 6.45) is 0.229. The van der Waals surface area contributed by atoms with Crippen molar-refractivity contribution in [1.29, 1.82) is 0 Å². The lowest BCUT2D eigenvalue weighted by atomic mass is 10.1. The molecule has 1 aliphatic heterocycles. The molecule has 0 unspecified atom stereocenters. The van der Waals surface area contributed by atoms with E-state index < -0.39 is 0 Å². The number of ether oxygens (including phenoxy) is 1. The van der Waals surface area contributed by atoms with Crippen molar-refractivity contribution in [2.75, 3.05) is 38.3 Å². The van der Waals surface area contributed by atoms with E-state index in [2.05, 4.69) is 22.2 Å². The Hall–Kier alpha value is -2.86. The monoisotopic (exact) mass is 365 g/mol. The second-order valence-corrected chi connectivity index (χ2v) is 6.78. The van der Waals surface area contributed by atoms with Gasteiger partial charge in [-0.25, -0.2) is 0 Å². The molecular weight excluding hydrogens is 342 g/mol. The molecule has 1 saturated heterocycles. The Bertz CT molecular complexity index is 931. The van der Waals surface area contributed by atoms with Gasteiger partial charge in [-0.15, -0.1) is 0 Å². The van der Waals surface area contributed by atoms with Crippen LogP contribution in [0.4, 0.5) is 5.69 Å². The van der Waals surface area contributed by atoms with Crippen molar-refractivity contribution in [2.45, 2.75) is 13.0 Å². The average Bonchev–Trinajstić information content (AvgIpc) is 3.12. The maximum absolute atomic E-state index is 12.8. The average molecular weight is 365 g/mol. The van der Waals surface area contributed by atoms with Gasteiger partial charge >= 0.3 is 0 Å². The first-order valence-corrected chi connectivity index (χ1v) is 9.20. The van der Waals surface area contributed by atoms with Crippen molar-refractivity contribution in [3.8, 4) is 0 Å². The van der Waals surface area contributed by atoms with Gasteiger partial charge < -0.3 is 19.1 Å². The van der Waals surface area contributed by atoms with Gasteiger partial charge in [-0.2, -0.15) is 0 Å². The van der Waals surface area contributed by atoms with E-state index in [1.54, 1.807) is 4.90 Å². The van der Waals surface area contributed by atoms with Crippen LogP contribution in [0.5, 0.6) is 0 Å². The van der Waals surface area contributed by atoms with E-state index >= 15 is 0 Å². The van der Waals surface area contributed by atoms with Gasteiger partial charge in [0.05, 0.1) is 19.6 Å². The van der Waals surface area contributed by atoms with Crippen LogP contribution in [0, 0.1) is 0 Å². The molecule has 0 bridgehead atoms. The van der Waals surface area contributed by atoms with Crippen LogP contribution in [-0.4, -0.2) is 49.3 Å².